The standard InChI is InChI=1S/C18H25N5O5/c1-12(11-13(24)25)7-5-3-4-6-8-23-16-14(20-18(23)26)15(19)21-17(22-16)28-10-9-27-2/h4,6H,1,3,5,7-11H2,2H3,(H,20,26)(H,24,25)(H2,19,21,22)/b6-4+. The van der Waals surface area contributed by atoms with E-state index in [2.05, 4.69) is 21.5 Å². The lowest BCUT2D eigenvalue weighted by Crippen LogP contribution is -2.16. The molecule has 0 saturated heterocycles. The molecule has 0 aliphatic heterocycles. The van der Waals surface area contributed by atoms with Crippen LogP contribution in [0.1, 0.15) is 25.7 Å². The minimum Gasteiger partial charge on any atom is -0.481 e. The molecular formula is C18H25N5O5. The number of ether oxygens (including phenoxy) is 2. The van der Waals surface area contributed by atoms with Gasteiger partial charge in [0.2, 0.25) is 0 Å². The lowest BCUT2D eigenvalue weighted by molar-refractivity contribution is -0.136. The second-order valence-corrected chi connectivity index (χ2v) is 6.16. The van der Waals surface area contributed by atoms with Crippen molar-refractivity contribution in [2.45, 2.75) is 32.2 Å². The third-order valence-corrected chi connectivity index (χ3v) is 3.91. The van der Waals surface area contributed by atoms with Crippen molar-refractivity contribution in [3.63, 3.8) is 0 Å². The Morgan fingerprint density at radius 1 is 1.36 bits per heavy atom. The third-order valence-electron chi connectivity index (χ3n) is 3.91. The number of carbonyl (C=O) groups is 1. The molecule has 2 aromatic rings. The van der Waals surface area contributed by atoms with Crippen LogP contribution in [0.5, 0.6) is 6.01 Å². The zero-order valence-electron chi connectivity index (χ0n) is 15.8. The molecule has 0 unspecified atom stereocenters. The fourth-order valence-corrected chi connectivity index (χ4v) is 2.55. The highest BCUT2D eigenvalue weighted by molar-refractivity contribution is 5.81. The van der Waals surface area contributed by atoms with E-state index in [0.717, 1.165) is 12.8 Å². The molecule has 0 fully saturated rings. The van der Waals surface area contributed by atoms with Crippen LogP contribution in [-0.4, -0.2) is 50.9 Å². The molecule has 2 rings (SSSR count). The Bertz CT molecular complexity index is 915. The molecule has 0 aliphatic carbocycles. The average Bonchev–Trinajstić information content (AvgIpc) is 2.94. The van der Waals surface area contributed by atoms with Crippen molar-refractivity contribution in [1.29, 1.82) is 0 Å². The maximum atomic E-state index is 12.2. The van der Waals surface area contributed by atoms with Crippen molar-refractivity contribution in [3.05, 3.63) is 34.8 Å². The van der Waals surface area contributed by atoms with Crippen molar-refractivity contribution in [3.8, 4) is 6.01 Å². The number of fused-ring (bicyclic) bond motifs is 1. The van der Waals surface area contributed by atoms with Crippen LogP contribution in [0, 0.1) is 0 Å². The topological polar surface area (TPSA) is 145 Å². The normalized spacial score (nSPS) is 11.3. The first-order chi connectivity index (χ1) is 13.4. The number of aromatic amines is 1. The van der Waals surface area contributed by atoms with Gasteiger partial charge in [-0.25, -0.2) is 4.79 Å². The Labute approximate surface area is 161 Å². The Morgan fingerprint density at radius 2 is 2.14 bits per heavy atom. The summed E-state index contributed by atoms with van der Waals surface area (Å²) in [6.07, 6.45) is 5.95. The van der Waals surface area contributed by atoms with Gasteiger partial charge in [-0.1, -0.05) is 24.3 Å². The van der Waals surface area contributed by atoms with Gasteiger partial charge in [0, 0.05) is 13.7 Å². The van der Waals surface area contributed by atoms with Gasteiger partial charge in [-0.15, -0.1) is 0 Å². The molecule has 0 aromatic carbocycles. The smallest absolute Gasteiger partial charge is 0.328 e. The first kappa shape index (κ1) is 21.2. The van der Waals surface area contributed by atoms with E-state index in [9.17, 15) is 9.59 Å². The molecule has 0 aliphatic rings. The number of aromatic nitrogens is 4. The summed E-state index contributed by atoms with van der Waals surface area (Å²) in [5.41, 5.74) is 6.97. The van der Waals surface area contributed by atoms with E-state index >= 15 is 0 Å². The third kappa shape index (κ3) is 5.95. The number of nitrogens with two attached hydrogens (primary N) is 1. The predicted molar refractivity (Wildman–Crippen MR) is 104 cm³/mol. The first-order valence-electron chi connectivity index (χ1n) is 8.83. The van der Waals surface area contributed by atoms with Gasteiger partial charge in [0.15, 0.2) is 11.5 Å². The second kappa shape index (κ2) is 10.3. The number of anilines is 1. The monoisotopic (exact) mass is 391 g/mol. The highest BCUT2D eigenvalue weighted by atomic mass is 16.5. The summed E-state index contributed by atoms with van der Waals surface area (Å²) in [6, 6.07) is 0.0794. The quantitative estimate of drug-likeness (QED) is 0.364. The molecule has 0 amide bonds. The van der Waals surface area contributed by atoms with Crippen LogP contribution >= 0.6 is 0 Å². The number of hydrogen-bond donors (Lipinski definition) is 3. The predicted octanol–water partition coefficient (Wildman–Crippen LogP) is 1.48. The number of unbranched alkanes of at least 4 members (excludes halogenated alkanes) is 1. The molecule has 0 saturated carbocycles. The Balaban J connectivity index is 1.99. The zero-order valence-corrected chi connectivity index (χ0v) is 15.8. The van der Waals surface area contributed by atoms with Gasteiger partial charge in [0.05, 0.1) is 13.0 Å². The zero-order chi connectivity index (χ0) is 20.5. The summed E-state index contributed by atoms with van der Waals surface area (Å²) in [7, 11) is 1.56. The number of methoxy groups -OCH3 is 1. The minimum absolute atomic E-state index is 0.00956. The molecule has 152 valence electrons. The van der Waals surface area contributed by atoms with E-state index < -0.39 is 5.97 Å². The number of carboxylic acids is 1. The number of rotatable bonds is 12. The van der Waals surface area contributed by atoms with E-state index in [4.69, 9.17) is 20.3 Å². The van der Waals surface area contributed by atoms with Crippen molar-refractivity contribution < 1.29 is 19.4 Å². The summed E-state index contributed by atoms with van der Waals surface area (Å²) < 4.78 is 11.7. The lowest BCUT2D eigenvalue weighted by atomic mass is 10.1. The van der Waals surface area contributed by atoms with Gasteiger partial charge in [-0.2, -0.15) is 9.97 Å². The van der Waals surface area contributed by atoms with Gasteiger partial charge < -0.3 is 25.3 Å². The lowest BCUT2D eigenvalue weighted by Gasteiger charge is -2.05. The van der Waals surface area contributed by atoms with Crippen molar-refractivity contribution >= 4 is 23.0 Å². The summed E-state index contributed by atoms with van der Waals surface area (Å²) in [5, 5.41) is 8.70. The molecule has 2 heterocycles. The average molecular weight is 391 g/mol. The molecule has 0 radical (unpaired) electrons. The molecule has 28 heavy (non-hydrogen) atoms. The van der Waals surface area contributed by atoms with Gasteiger partial charge in [-0.3, -0.25) is 9.36 Å². The van der Waals surface area contributed by atoms with E-state index in [0.29, 0.717) is 36.3 Å². The number of nitrogen functional groups attached to an aromatic ring is 1. The number of carboxylic acid groups (broad SMARTS) is 1. The summed E-state index contributed by atoms with van der Waals surface area (Å²) in [5.74, 6) is -0.736. The maximum absolute atomic E-state index is 12.2. The minimum atomic E-state index is -0.869. The number of nitrogens with zero attached hydrogens (tertiary/aromatic N) is 3. The highest BCUT2D eigenvalue weighted by Gasteiger charge is 2.13. The molecule has 0 atom stereocenters. The summed E-state index contributed by atoms with van der Waals surface area (Å²) >= 11 is 0. The van der Waals surface area contributed by atoms with E-state index in [-0.39, 0.29) is 30.5 Å². The number of hydrogen-bond acceptors (Lipinski definition) is 7. The van der Waals surface area contributed by atoms with E-state index in [1.165, 1.54) is 4.57 Å². The SMILES string of the molecule is C=C(CCC/C=C/Cn1c(=O)[nH]c2c(N)nc(OCCOC)nc21)CC(=O)O. The number of imidazole rings is 1. The fraction of sp³-hybridized carbons (Fsp3) is 0.444. The maximum Gasteiger partial charge on any atom is 0.328 e. The van der Waals surface area contributed by atoms with Crippen LogP contribution < -0.4 is 16.2 Å². The largest absolute Gasteiger partial charge is 0.481 e. The second-order valence-electron chi connectivity index (χ2n) is 6.16. The Kier molecular flexibility index (Phi) is 7.76. The summed E-state index contributed by atoms with van der Waals surface area (Å²) in [6.45, 7) is 4.70. The van der Waals surface area contributed by atoms with Crippen LogP contribution in [0.15, 0.2) is 29.1 Å². The van der Waals surface area contributed by atoms with Gasteiger partial charge in [0.1, 0.15) is 12.1 Å². The van der Waals surface area contributed by atoms with Crippen molar-refractivity contribution in [1.82, 2.24) is 19.5 Å². The number of H-pyrrole nitrogens is 1. The van der Waals surface area contributed by atoms with Crippen molar-refractivity contribution in [2.75, 3.05) is 26.1 Å². The highest BCUT2D eigenvalue weighted by Crippen LogP contribution is 2.17. The Morgan fingerprint density at radius 3 is 2.86 bits per heavy atom. The molecule has 0 bridgehead atoms. The van der Waals surface area contributed by atoms with Gasteiger partial charge in [-0.05, 0) is 19.3 Å². The molecule has 0 spiro atoms. The summed E-state index contributed by atoms with van der Waals surface area (Å²) in [4.78, 5) is 33.7. The molecule has 10 nitrogen and oxygen atoms in total. The molecule has 2 aromatic heterocycles. The van der Waals surface area contributed by atoms with Crippen LogP contribution in [0.25, 0.3) is 11.2 Å². The number of nitrogens with one attached hydrogen (secondary N) is 1. The van der Waals surface area contributed by atoms with Crippen LogP contribution in [0.4, 0.5) is 5.82 Å². The molecule has 10 heteroatoms. The van der Waals surface area contributed by atoms with Gasteiger partial charge >= 0.3 is 17.7 Å². The number of aliphatic carboxylic acids is 1. The fourth-order valence-electron chi connectivity index (χ4n) is 2.55. The van der Waals surface area contributed by atoms with Crippen LogP contribution in [0.3, 0.4) is 0 Å². The van der Waals surface area contributed by atoms with Crippen molar-refractivity contribution in [2.24, 2.45) is 0 Å². The Hall–Kier alpha value is -3.14. The van der Waals surface area contributed by atoms with Crippen LogP contribution in [-0.2, 0) is 16.1 Å². The van der Waals surface area contributed by atoms with Crippen LogP contribution in [0.2, 0.25) is 0 Å². The van der Waals surface area contributed by atoms with E-state index in [1.54, 1.807) is 7.11 Å². The number of allylic oxidation sites excluding steroid dienone is 2. The first-order valence-corrected chi connectivity index (χ1v) is 8.83. The van der Waals surface area contributed by atoms with E-state index in [1.807, 2.05) is 12.2 Å². The van der Waals surface area contributed by atoms with Gasteiger partial charge in [0.25, 0.3) is 0 Å². The molecule has 4 N–H and O–H groups in total. The molecular weight excluding hydrogens is 366 g/mol.